The molecule has 8 heteroatoms. The second-order valence-corrected chi connectivity index (χ2v) is 11.1. The number of carbonyl (C=O) groups is 1. The van der Waals surface area contributed by atoms with E-state index in [4.69, 9.17) is 0 Å². The number of aryl methyl sites for hydroxylation is 1. The Hall–Kier alpha value is -1.54. The van der Waals surface area contributed by atoms with Gasteiger partial charge in [-0.05, 0) is 37.5 Å². The van der Waals surface area contributed by atoms with Gasteiger partial charge in [0.2, 0.25) is 0 Å². The molecule has 6 nitrogen and oxygen atoms in total. The van der Waals surface area contributed by atoms with Crippen molar-refractivity contribution in [3.63, 3.8) is 0 Å². The molecule has 0 bridgehead atoms. The van der Waals surface area contributed by atoms with Crippen LogP contribution < -0.4 is 10.6 Å². The highest BCUT2D eigenvalue weighted by molar-refractivity contribution is 8.15. The third-order valence-corrected chi connectivity index (χ3v) is 8.64. The topological polar surface area (TPSA) is 87.6 Å². The van der Waals surface area contributed by atoms with Crippen LogP contribution in [0.25, 0.3) is 0 Å². The summed E-state index contributed by atoms with van der Waals surface area (Å²) in [5, 5.41) is 7.20. The maximum Gasteiger partial charge on any atom is 0.251 e. The van der Waals surface area contributed by atoms with Gasteiger partial charge in [0, 0.05) is 22.5 Å². The van der Waals surface area contributed by atoms with Crippen LogP contribution in [-0.4, -0.2) is 48.3 Å². The van der Waals surface area contributed by atoms with Crippen LogP contribution in [0.2, 0.25) is 0 Å². The molecule has 1 saturated carbocycles. The van der Waals surface area contributed by atoms with Crippen LogP contribution in [-0.2, 0) is 9.84 Å². The Bertz CT molecular complexity index is 876. The largest absolute Gasteiger partial charge is 0.349 e. The van der Waals surface area contributed by atoms with Crippen molar-refractivity contribution < 1.29 is 13.2 Å². The Morgan fingerprint density at radius 2 is 1.96 bits per heavy atom. The third kappa shape index (κ3) is 4.32. The fraction of sp³-hybridized carbons (Fsp3) is 0.579. The number of aliphatic imine (C=N–C) groups is 1. The van der Waals surface area contributed by atoms with Crippen molar-refractivity contribution in [3.05, 3.63) is 29.3 Å². The quantitative estimate of drug-likeness (QED) is 0.804. The predicted molar refractivity (Wildman–Crippen MR) is 110 cm³/mol. The van der Waals surface area contributed by atoms with Crippen LogP contribution in [0.3, 0.4) is 0 Å². The maximum absolute atomic E-state index is 12.6. The average Bonchev–Trinajstić information content (AvgIpc) is 3.10. The van der Waals surface area contributed by atoms with Gasteiger partial charge in [-0.15, -0.1) is 0 Å². The smallest absolute Gasteiger partial charge is 0.251 e. The molecule has 2 atom stereocenters. The molecule has 0 unspecified atom stereocenters. The summed E-state index contributed by atoms with van der Waals surface area (Å²) in [5.41, 5.74) is 2.51. The molecule has 2 N–H and O–H groups in total. The van der Waals surface area contributed by atoms with Crippen LogP contribution in [0.1, 0.15) is 48.0 Å². The van der Waals surface area contributed by atoms with Crippen LogP contribution >= 0.6 is 11.8 Å². The van der Waals surface area contributed by atoms with E-state index in [-0.39, 0.29) is 34.7 Å². The summed E-state index contributed by atoms with van der Waals surface area (Å²) >= 11 is 1.49. The number of sulfone groups is 1. The van der Waals surface area contributed by atoms with Crippen molar-refractivity contribution in [2.24, 2.45) is 4.99 Å². The zero-order valence-electron chi connectivity index (χ0n) is 15.4. The van der Waals surface area contributed by atoms with Crippen LogP contribution in [0, 0.1) is 6.92 Å². The molecule has 27 heavy (non-hydrogen) atoms. The second kappa shape index (κ2) is 7.47. The molecule has 0 aromatic heterocycles. The standard InChI is InChI=1S/C19H25N3O3S2/c1-12-7-8-13(18(23)20-14-5-3-2-4-6-14)9-15(12)21-19-22-16-10-27(24,25)11-17(16)26-19/h7-9,14,16-17H,2-6,10-11H2,1H3,(H,20,23)(H,21,22)/t16-,17-/m1/s1. The van der Waals surface area contributed by atoms with E-state index in [1.807, 2.05) is 25.1 Å². The van der Waals surface area contributed by atoms with Crippen LogP contribution in [0.4, 0.5) is 5.69 Å². The minimum atomic E-state index is -2.95. The molecule has 2 heterocycles. The number of rotatable bonds is 3. The number of fused-ring (bicyclic) bond motifs is 1. The monoisotopic (exact) mass is 407 g/mol. The highest BCUT2D eigenvalue weighted by atomic mass is 32.2. The van der Waals surface area contributed by atoms with E-state index in [2.05, 4.69) is 15.6 Å². The van der Waals surface area contributed by atoms with Gasteiger partial charge in [-0.1, -0.05) is 37.1 Å². The average molecular weight is 408 g/mol. The Kier molecular flexibility index (Phi) is 5.20. The zero-order chi connectivity index (χ0) is 19.0. The first-order valence-corrected chi connectivity index (χ1v) is 12.2. The van der Waals surface area contributed by atoms with E-state index in [0.717, 1.165) is 29.3 Å². The van der Waals surface area contributed by atoms with Crippen molar-refractivity contribution in [1.82, 2.24) is 5.32 Å². The molecular weight excluding hydrogens is 382 g/mol. The summed E-state index contributed by atoms with van der Waals surface area (Å²) in [6, 6.07) is 5.77. The van der Waals surface area contributed by atoms with Crippen LogP contribution in [0.15, 0.2) is 23.2 Å². The van der Waals surface area contributed by atoms with Gasteiger partial charge < -0.3 is 10.6 Å². The lowest BCUT2D eigenvalue weighted by atomic mass is 9.95. The number of carbonyl (C=O) groups excluding carboxylic acids is 1. The number of hydrogen-bond acceptors (Lipinski definition) is 6. The fourth-order valence-corrected chi connectivity index (χ4v) is 7.61. The zero-order valence-corrected chi connectivity index (χ0v) is 17.0. The predicted octanol–water partition coefficient (Wildman–Crippen LogP) is 2.74. The number of anilines is 1. The molecule has 1 aromatic carbocycles. The third-order valence-electron chi connectivity index (χ3n) is 5.50. The van der Waals surface area contributed by atoms with E-state index in [9.17, 15) is 13.2 Å². The van der Waals surface area contributed by atoms with E-state index >= 15 is 0 Å². The van der Waals surface area contributed by atoms with Gasteiger partial charge in [-0.3, -0.25) is 9.79 Å². The van der Waals surface area contributed by atoms with Gasteiger partial charge in [0.25, 0.3) is 5.91 Å². The van der Waals surface area contributed by atoms with E-state index in [1.165, 1.54) is 31.0 Å². The summed E-state index contributed by atoms with van der Waals surface area (Å²) in [4.78, 5) is 17.1. The summed E-state index contributed by atoms with van der Waals surface area (Å²) in [6.45, 7) is 1.98. The molecule has 1 amide bonds. The highest BCUT2D eigenvalue weighted by Crippen LogP contribution is 2.35. The summed E-state index contributed by atoms with van der Waals surface area (Å²) in [6.07, 6.45) is 5.74. The SMILES string of the molecule is Cc1ccc(C(=O)NC2CCCCC2)cc1NC1=N[C@@H]2CS(=O)(=O)C[C@H]2S1. The second-order valence-electron chi connectivity index (χ2n) is 7.70. The van der Waals surface area contributed by atoms with Gasteiger partial charge >= 0.3 is 0 Å². The lowest BCUT2D eigenvalue weighted by molar-refractivity contribution is 0.0927. The molecule has 4 rings (SSSR count). The number of nitrogens with one attached hydrogen (secondary N) is 2. The minimum Gasteiger partial charge on any atom is -0.349 e. The van der Waals surface area contributed by atoms with Crippen molar-refractivity contribution in [1.29, 1.82) is 0 Å². The molecule has 146 valence electrons. The minimum absolute atomic E-state index is 0.00980. The first-order chi connectivity index (χ1) is 12.9. The molecule has 0 radical (unpaired) electrons. The maximum atomic E-state index is 12.6. The van der Waals surface area contributed by atoms with Crippen molar-refractivity contribution in [2.45, 2.75) is 56.4 Å². The molecule has 1 aromatic rings. The Morgan fingerprint density at radius 3 is 2.70 bits per heavy atom. The molecule has 2 fully saturated rings. The lowest BCUT2D eigenvalue weighted by Gasteiger charge is -2.23. The number of amides is 1. The Balaban J connectivity index is 1.44. The fourth-order valence-electron chi connectivity index (χ4n) is 3.94. The van der Waals surface area contributed by atoms with Crippen molar-refractivity contribution in [3.8, 4) is 0 Å². The first kappa shape index (κ1) is 18.8. The van der Waals surface area contributed by atoms with Gasteiger partial charge in [-0.25, -0.2) is 8.42 Å². The van der Waals surface area contributed by atoms with Gasteiger partial charge in [0.15, 0.2) is 15.0 Å². The molecular formula is C19H25N3O3S2. The van der Waals surface area contributed by atoms with Crippen LogP contribution in [0.5, 0.6) is 0 Å². The van der Waals surface area contributed by atoms with E-state index in [1.54, 1.807) is 0 Å². The lowest BCUT2D eigenvalue weighted by Crippen LogP contribution is -2.36. The summed E-state index contributed by atoms with van der Waals surface area (Å²) in [7, 11) is -2.95. The number of hydrogen-bond donors (Lipinski definition) is 2. The number of thioether (sulfide) groups is 1. The van der Waals surface area contributed by atoms with E-state index in [0.29, 0.717) is 5.56 Å². The summed E-state index contributed by atoms with van der Waals surface area (Å²) < 4.78 is 23.4. The number of benzene rings is 1. The Morgan fingerprint density at radius 1 is 1.19 bits per heavy atom. The normalized spacial score (nSPS) is 27.1. The van der Waals surface area contributed by atoms with Gasteiger partial charge in [0.1, 0.15) is 0 Å². The van der Waals surface area contributed by atoms with Gasteiger partial charge in [-0.2, -0.15) is 0 Å². The number of nitrogens with zero attached hydrogens (tertiary/aromatic N) is 1. The van der Waals surface area contributed by atoms with Crippen molar-refractivity contribution >= 4 is 38.4 Å². The Labute approximate surface area is 164 Å². The first-order valence-electron chi connectivity index (χ1n) is 9.53. The van der Waals surface area contributed by atoms with Gasteiger partial charge in [0.05, 0.1) is 17.5 Å². The van der Waals surface area contributed by atoms with Crippen molar-refractivity contribution in [2.75, 3.05) is 16.8 Å². The molecule has 1 saturated heterocycles. The molecule has 0 spiro atoms. The number of amidine groups is 1. The van der Waals surface area contributed by atoms with E-state index < -0.39 is 9.84 Å². The molecule has 3 aliphatic rings. The highest BCUT2D eigenvalue weighted by Gasteiger charge is 2.42. The molecule has 2 aliphatic heterocycles. The summed E-state index contributed by atoms with van der Waals surface area (Å²) in [5.74, 6) is 0.298. The molecule has 1 aliphatic carbocycles.